The van der Waals surface area contributed by atoms with Crippen LogP contribution in [-0.4, -0.2) is 51.8 Å². The highest BCUT2D eigenvalue weighted by Gasteiger charge is 2.07. The maximum absolute atomic E-state index is 5.06. The summed E-state index contributed by atoms with van der Waals surface area (Å²) in [6, 6.07) is 0.611. The fourth-order valence-corrected chi connectivity index (χ4v) is 1.52. The van der Waals surface area contributed by atoms with Gasteiger partial charge in [0, 0.05) is 26.3 Å². The Balaban J connectivity index is 3.61. The van der Waals surface area contributed by atoms with Crippen molar-refractivity contribution in [1.82, 2.24) is 10.2 Å². The van der Waals surface area contributed by atoms with Crippen molar-refractivity contribution in [3.63, 3.8) is 0 Å². The van der Waals surface area contributed by atoms with E-state index < -0.39 is 0 Å². The summed E-state index contributed by atoms with van der Waals surface area (Å²) in [5.74, 6) is 0. The van der Waals surface area contributed by atoms with Crippen LogP contribution < -0.4 is 5.32 Å². The van der Waals surface area contributed by atoms with Crippen molar-refractivity contribution >= 4 is 0 Å². The van der Waals surface area contributed by atoms with E-state index in [1.807, 2.05) is 0 Å². The van der Waals surface area contributed by atoms with E-state index in [1.54, 1.807) is 7.11 Å². The van der Waals surface area contributed by atoms with E-state index in [2.05, 4.69) is 31.2 Å². The van der Waals surface area contributed by atoms with Gasteiger partial charge in [-0.05, 0) is 39.9 Å². The van der Waals surface area contributed by atoms with Crippen LogP contribution in [0, 0.1) is 0 Å². The topological polar surface area (TPSA) is 24.5 Å². The molecular formula is C11H26N2O. The van der Waals surface area contributed by atoms with Crippen molar-refractivity contribution in [3.8, 4) is 0 Å². The molecule has 0 amide bonds. The van der Waals surface area contributed by atoms with E-state index >= 15 is 0 Å². The Morgan fingerprint density at radius 3 is 2.57 bits per heavy atom. The average Bonchev–Trinajstić information content (AvgIpc) is 2.13. The highest BCUT2D eigenvalue weighted by atomic mass is 16.5. The van der Waals surface area contributed by atoms with Gasteiger partial charge >= 0.3 is 0 Å². The molecule has 0 radical (unpaired) electrons. The molecule has 0 aliphatic carbocycles. The lowest BCUT2D eigenvalue weighted by molar-refractivity contribution is 0.185. The first-order valence-electron chi connectivity index (χ1n) is 5.57. The van der Waals surface area contributed by atoms with E-state index in [0.717, 1.165) is 26.1 Å². The number of hydrogen-bond acceptors (Lipinski definition) is 3. The summed E-state index contributed by atoms with van der Waals surface area (Å²) in [5, 5.41) is 3.56. The lowest BCUT2D eigenvalue weighted by atomic mass is 10.1. The van der Waals surface area contributed by atoms with Crippen LogP contribution in [0.5, 0.6) is 0 Å². The molecule has 0 aromatic carbocycles. The Bertz CT molecular complexity index is 118. The zero-order valence-electron chi connectivity index (χ0n) is 10.2. The first-order valence-corrected chi connectivity index (χ1v) is 5.57. The third kappa shape index (κ3) is 8.48. The number of hydrogen-bond donors (Lipinski definition) is 1. The van der Waals surface area contributed by atoms with Crippen LogP contribution in [0.3, 0.4) is 0 Å². The molecule has 0 aliphatic rings. The molecule has 0 heterocycles. The van der Waals surface area contributed by atoms with Crippen LogP contribution in [0.1, 0.15) is 26.2 Å². The maximum Gasteiger partial charge on any atom is 0.0462 e. The fourth-order valence-electron chi connectivity index (χ4n) is 1.52. The number of methoxy groups -OCH3 is 1. The summed E-state index contributed by atoms with van der Waals surface area (Å²) in [5.41, 5.74) is 0. The van der Waals surface area contributed by atoms with Gasteiger partial charge in [-0.3, -0.25) is 0 Å². The molecule has 1 unspecified atom stereocenters. The molecule has 0 aromatic rings. The van der Waals surface area contributed by atoms with Crippen molar-refractivity contribution in [1.29, 1.82) is 0 Å². The van der Waals surface area contributed by atoms with Crippen LogP contribution in [0.15, 0.2) is 0 Å². The summed E-state index contributed by atoms with van der Waals surface area (Å²) in [6.07, 6.45) is 3.55. The molecule has 3 heteroatoms. The van der Waals surface area contributed by atoms with Crippen molar-refractivity contribution in [2.45, 2.75) is 32.2 Å². The summed E-state index contributed by atoms with van der Waals surface area (Å²) in [4.78, 5) is 2.24. The van der Waals surface area contributed by atoms with Crippen LogP contribution in [0.2, 0.25) is 0 Å². The van der Waals surface area contributed by atoms with Gasteiger partial charge in [0.05, 0.1) is 0 Å². The SMILES string of the molecule is CCCNC(CCCOC)CN(C)C. The van der Waals surface area contributed by atoms with E-state index in [4.69, 9.17) is 4.74 Å². The molecule has 0 spiro atoms. The molecule has 3 nitrogen and oxygen atoms in total. The van der Waals surface area contributed by atoms with Crippen molar-refractivity contribution in [3.05, 3.63) is 0 Å². The first-order chi connectivity index (χ1) is 6.70. The molecule has 1 atom stereocenters. The molecule has 0 rings (SSSR count). The largest absolute Gasteiger partial charge is 0.385 e. The number of nitrogens with one attached hydrogen (secondary N) is 1. The van der Waals surface area contributed by atoms with Gasteiger partial charge in [-0.2, -0.15) is 0 Å². The monoisotopic (exact) mass is 202 g/mol. The quantitative estimate of drug-likeness (QED) is 0.571. The van der Waals surface area contributed by atoms with Crippen molar-refractivity contribution in [2.75, 3.05) is 40.9 Å². The minimum Gasteiger partial charge on any atom is -0.385 e. The van der Waals surface area contributed by atoms with Crippen molar-refractivity contribution < 1.29 is 4.74 Å². The molecule has 0 saturated carbocycles. The summed E-state index contributed by atoms with van der Waals surface area (Å²) in [6.45, 7) is 5.31. The summed E-state index contributed by atoms with van der Waals surface area (Å²) >= 11 is 0. The van der Waals surface area contributed by atoms with Crippen LogP contribution in [0.4, 0.5) is 0 Å². The van der Waals surface area contributed by atoms with Crippen molar-refractivity contribution in [2.24, 2.45) is 0 Å². The Kier molecular flexibility index (Phi) is 9.35. The Morgan fingerprint density at radius 2 is 2.07 bits per heavy atom. The van der Waals surface area contributed by atoms with Crippen LogP contribution >= 0.6 is 0 Å². The standard InChI is InChI=1S/C11H26N2O/c1-5-8-12-11(10-13(2)3)7-6-9-14-4/h11-12H,5-10H2,1-4H3. The zero-order valence-corrected chi connectivity index (χ0v) is 10.2. The molecular weight excluding hydrogens is 176 g/mol. The average molecular weight is 202 g/mol. The summed E-state index contributed by atoms with van der Waals surface area (Å²) in [7, 11) is 6.01. The second kappa shape index (κ2) is 9.44. The Morgan fingerprint density at radius 1 is 1.36 bits per heavy atom. The van der Waals surface area contributed by atoms with Gasteiger partial charge in [0.2, 0.25) is 0 Å². The zero-order chi connectivity index (χ0) is 10.8. The van der Waals surface area contributed by atoms with E-state index in [0.29, 0.717) is 6.04 Å². The molecule has 0 bridgehead atoms. The molecule has 0 aliphatic heterocycles. The van der Waals surface area contributed by atoms with Gasteiger partial charge in [-0.1, -0.05) is 6.92 Å². The Hall–Kier alpha value is -0.120. The van der Waals surface area contributed by atoms with Gasteiger partial charge < -0.3 is 15.0 Å². The smallest absolute Gasteiger partial charge is 0.0462 e. The lowest BCUT2D eigenvalue weighted by Gasteiger charge is -2.22. The molecule has 0 fully saturated rings. The second-order valence-electron chi connectivity index (χ2n) is 4.05. The lowest BCUT2D eigenvalue weighted by Crippen LogP contribution is -2.38. The first kappa shape index (κ1) is 13.9. The highest BCUT2D eigenvalue weighted by Crippen LogP contribution is 1.99. The predicted octanol–water partition coefficient (Wildman–Crippen LogP) is 1.34. The Labute approximate surface area is 88.8 Å². The second-order valence-corrected chi connectivity index (χ2v) is 4.05. The third-order valence-electron chi connectivity index (χ3n) is 2.17. The molecule has 1 N–H and O–H groups in total. The number of ether oxygens (including phenoxy) is 1. The maximum atomic E-state index is 5.06. The molecule has 86 valence electrons. The third-order valence-corrected chi connectivity index (χ3v) is 2.17. The predicted molar refractivity (Wildman–Crippen MR) is 61.7 cm³/mol. The number of rotatable bonds is 9. The normalized spacial score (nSPS) is 13.5. The van der Waals surface area contributed by atoms with Crippen LogP contribution in [0.25, 0.3) is 0 Å². The molecule has 0 aromatic heterocycles. The van der Waals surface area contributed by atoms with Gasteiger partial charge in [-0.25, -0.2) is 0 Å². The van der Waals surface area contributed by atoms with Gasteiger partial charge in [0.1, 0.15) is 0 Å². The fraction of sp³-hybridized carbons (Fsp3) is 1.00. The molecule has 14 heavy (non-hydrogen) atoms. The van der Waals surface area contributed by atoms with E-state index in [9.17, 15) is 0 Å². The van der Waals surface area contributed by atoms with Gasteiger partial charge in [0.25, 0.3) is 0 Å². The molecule has 0 saturated heterocycles. The van der Waals surface area contributed by atoms with Gasteiger partial charge in [0.15, 0.2) is 0 Å². The number of nitrogens with zero attached hydrogens (tertiary/aromatic N) is 1. The van der Waals surface area contributed by atoms with E-state index in [1.165, 1.54) is 12.8 Å². The van der Waals surface area contributed by atoms with Crippen LogP contribution in [-0.2, 0) is 4.74 Å². The van der Waals surface area contributed by atoms with E-state index in [-0.39, 0.29) is 0 Å². The highest BCUT2D eigenvalue weighted by molar-refractivity contribution is 4.69. The minimum absolute atomic E-state index is 0.611. The number of likely N-dealkylation sites (N-methyl/N-ethyl adjacent to an activating group) is 1. The minimum atomic E-state index is 0.611. The van der Waals surface area contributed by atoms with Gasteiger partial charge in [-0.15, -0.1) is 0 Å². The summed E-state index contributed by atoms with van der Waals surface area (Å²) < 4.78 is 5.06.